The normalized spacial score (nSPS) is 11.1. The van der Waals surface area contributed by atoms with Crippen LogP contribution in [0.3, 0.4) is 0 Å². The molecule has 0 fully saturated rings. The Bertz CT molecular complexity index is 473. The minimum absolute atomic E-state index is 0.0245. The van der Waals surface area contributed by atoms with Crippen molar-refractivity contribution in [2.45, 2.75) is 33.1 Å². The highest BCUT2D eigenvalue weighted by molar-refractivity contribution is 5.92. The van der Waals surface area contributed by atoms with Gasteiger partial charge in [0.05, 0.1) is 19.9 Å². The van der Waals surface area contributed by atoms with Crippen LogP contribution in [0.5, 0.6) is 11.5 Å². The fourth-order valence-corrected chi connectivity index (χ4v) is 2.08. The maximum atomic E-state index is 12.1. The van der Waals surface area contributed by atoms with E-state index in [-0.39, 0.29) is 11.3 Å². The van der Waals surface area contributed by atoms with Crippen molar-refractivity contribution in [3.05, 3.63) is 18.2 Å². The number of benzene rings is 1. The third-order valence-electron chi connectivity index (χ3n) is 3.53. The molecule has 0 bridgehead atoms. The van der Waals surface area contributed by atoms with Crippen molar-refractivity contribution < 1.29 is 14.3 Å². The molecule has 0 saturated heterocycles. The third-order valence-corrected chi connectivity index (χ3v) is 3.53. The summed E-state index contributed by atoms with van der Waals surface area (Å²) in [5, 5.41) is 2.88. The Hall–Kier alpha value is -1.75. The van der Waals surface area contributed by atoms with Gasteiger partial charge in [-0.25, -0.2) is 0 Å². The second kappa shape index (κ2) is 7.88. The number of hydrogen-bond acceptors (Lipinski definition) is 4. The average Bonchev–Trinajstić information content (AvgIpc) is 2.45. The number of anilines is 1. The van der Waals surface area contributed by atoms with Crippen LogP contribution in [0, 0.1) is 5.41 Å². The quantitative estimate of drug-likeness (QED) is 0.773. The fourth-order valence-electron chi connectivity index (χ4n) is 2.08. The van der Waals surface area contributed by atoms with Crippen molar-refractivity contribution in [2.24, 2.45) is 11.1 Å². The number of nitrogens with one attached hydrogen (secondary N) is 1. The lowest BCUT2D eigenvalue weighted by atomic mass is 9.84. The van der Waals surface area contributed by atoms with E-state index in [0.29, 0.717) is 30.2 Å². The summed E-state index contributed by atoms with van der Waals surface area (Å²) in [7, 11) is 3.15. The number of hydrogen-bond donors (Lipinski definition) is 2. The van der Waals surface area contributed by atoms with E-state index in [4.69, 9.17) is 15.2 Å². The van der Waals surface area contributed by atoms with Crippen LogP contribution < -0.4 is 20.5 Å². The van der Waals surface area contributed by atoms with Crippen molar-refractivity contribution in [1.29, 1.82) is 0 Å². The molecule has 3 N–H and O–H groups in total. The number of carbonyl (C=O) groups is 1. The van der Waals surface area contributed by atoms with Crippen LogP contribution >= 0.6 is 0 Å². The van der Waals surface area contributed by atoms with Crippen molar-refractivity contribution in [2.75, 3.05) is 26.1 Å². The third kappa shape index (κ3) is 5.63. The smallest absolute Gasteiger partial charge is 0.224 e. The molecular weight excluding hydrogens is 268 g/mol. The Morgan fingerprint density at radius 2 is 1.95 bits per heavy atom. The number of carbonyl (C=O) groups excluding carboxylic acids is 1. The van der Waals surface area contributed by atoms with Crippen molar-refractivity contribution >= 4 is 11.6 Å². The van der Waals surface area contributed by atoms with Gasteiger partial charge in [0.2, 0.25) is 5.91 Å². The highest BCUT2D eigenvalue weighted by Crippen LogP contribution is 2.30. The maximum Gasteiger partial charge on any atom is 0.224 e. The van der Waals surface area contributed by atoms with Crippen LogP contribution in [0.25, 0.3) is 0 Å². The first kappa shape index (κ1) is 17.3. The van der Waals surface area contributed by atoms with E-state index >= 15 is 0 Å². The Balaban J connectivity index is 2.62. The maximum absolute atomic E-state index is 12.1. The van der Waals surface area contributed by atoms with Crippen LogP contribution in [-0.4, -0.2) is 26.7 Å². The van der Waals surface area contributed by atoms with Crippen molar-refractivity contribution in [3.8, 4) is 11.5 Å². The number of amides is 1. The predicted molar refractivity (Wildman–Crippen MR) is 84.9 cm³/mol. The summed E-state index contributed by atoms with van der Waals surface area (Å²) in [6, 6.07) is 5.31. The van der Waals surface area contributed by atoms with Gasteiger partial charge in [-0.05, 0) is 36.9 Å². The van der Waals surface area contributed by atoms with Gasteiger partial charge in [-0.3, -0.25) is 4.79 Å². The molecule has 21 heavy (non-hydrogen) atoms. The number of methoxy groups -OCH3 is 2. The van der Waals surface area contributed by atoms with Gasteiger partial charge in [-0.15, -0.1) is 0 Å². The lowest BCUT2D eigenvalue weighted by molar-refractivity contribution is -0.116. The van der Waals surface area contributed by atoms with Crippen LogP contribution in [0.1, 0.15) is 33.1 Å². The summed E-state index contributed by atoms with van der Waals surface area (Å²) < 4.78 is 10.4. The zero-order valence-corrected chi connectivity index (χ0v) is 13.4. The van der Waals surface area contributed by atoms with Gasteiger partial charge in [0.25, 0.3) is 0 Å². The zero-order chi connectivity index (χ0) is 15.9. The second-order valence-electron chi connectivity index (χ2n) is 5.82. The van der Waals surface area contributed by atoms with Crippen molar-refractivity contribution in [1.82, 2.24) is 0 Å². The standard InChI is InChI=1S/C16H26N2O3/c1-16(2,9-10-17)8-7-15(19)18-13-6-5-12(20-3)11-14(13)21-4/h5-6,11H,7-10,17H2,1-4H3,(H,18,19). The van der Waals surface area contributed by atoms with Crippen LogP contribution in [-0.2, 0) is 4.79 Å². The van der Waals surface area contributed by atoms with Gasteiger partial charge >= 0.3 is 0 Å². The molecule has 0 saturated carbocycles. The molecule has 0 aliphatic heterocycles. The molecule has 5 heteroatoms. The molecular formula is C16H26N2O3. The minimum atomic E-state index is -0.0245. The largest absolute Gasteiger partial charge is 0.497 e. The molecule has 0 aliphatic rings. The van der Waals surface area contributed by atoms with E-state index in [2.05, 4.69) is 19.2 Å². The molecule has 0 heterocycles. The topological polar surface area (TPSA) is 73.6 Å². The van der Waals surface area contributed by atoms with E-state index in [0.717, 1.165) is 12.8 Å². The van der Waals surface area contributed by atoms with E-state index in [1.54, 1.807) is 32.4 Å². The molecule has 0 atom stereocenters. The monoisotopic (exact) mass is 294 g/mol. The van der Waals surface area contributed by atoms with Gasteiger partial charge in [0.15, 0.2) is 0 Å². The molecule has 118 valence electrons. The first-order valence-corrected chi connectivity index (χ1v) is 7.14. The van der Waals surface area contributed by atoms with E-state index in [1.807, 2.05) is 0 Å². The molecule has 1 aromatic rings. The zero-order valence-electron chi connectivity index (χ0n) is 13.4. The molecule has 0 spiro atoms. The number of rotatable bonds is 8. The first-order valence-electron chi connectivity index (χ1n) is 7.14. The van der Waals surface area contributed by atoms with Gasteiger partial charge in [-0.2, -0.15) is 0 Å². The molecule has 1 amide bonds. The minimum Gasteiger partial charge on any atom is -0.497 e. The van der Waals surface area contributed by atoms with Crippen molar-refractivity contribution in [3.63, 3.8) is 0 Å². The Morgan fingerprint density at radius 3 is 2.52 bits per heavy atom. The highest BCUT2D eigenvalue weighted by Gasteiger charge is 2.18. The molecule has 1 rings (SSSR count). The van der Waals surface area contributed by atoms with E-state index in [1.165, 1.54) is 0 Å². The Kier molecular flexibility index (Phi) is 6.49. The molecule has 0 unspecified atom stereocenters. The highest BCUT2D eigenvalue weighted by atomic mass is 16.5. The van der Waals surface area contributed by atoms with Gasteiger partial charge in [-0.1, -0.05) is 13.8 Å². The Labute approximate surface area is 126 Å². The Morgan fingerprint density at radius 1 is 1.24 bits per heavy atom. The summed E-state index contributed by atoms with van der Waals surface area (Å²) >= 11 is 0. The predicted octanol–water partition coefficient (Wildman–Crippen LogP) is 2.80. The lowest BCUT2D eigenvalue weighted by Gasteiger charge is -2.23. The summed E-state index contributed by atoms with van der Waals surface area (Å²) in [5.41, 5.74) is 6.31. The van der Waals surface area contributed by atoms with Gasteiger partial charge in [0, 0.05) is 12.5 Å². The van der Waals surface area contributed by atoms with Crippen LogP contribution in [0.4, 0.5) is 5.69 Å². The summed E-state index contributed by atoms with van der Waals surface area (Å²) in [6.45, 7) is 4.89. The summed E-state index contributed by atoms with van der Waals surface area (Å²) in [4.78, 5) is 12.1. The second-order valence-corrected chi connectivity index (χ2v) is 5.82. The molecule has 5 nitrogen and oxygen atoms in total. The SMILES string of the molecule is COc1ccc(NC(=O)CCC(C)(C)CCN)c(OC)c1. The van der Waals surface area contributed by atoms with Crippen LogP contribution in [0.2, 0.25) is 0 Å². The van der Waals surface area contributed by atoms with E-state index < -0.39 is 0 Å². The number of nitrogens with two attached hydrogens (primary N) is 1. The lowest BCUT2D eigenvalue weighted by Crippen LogP contribution is -2.20. The fraction of sp³-hybridized carbons (Fsp3) is 0.562. The van der Waals surface area contributed by atoms with E-state index in [9.17, 15) is 4.79 Å². The molecule has 0 aliphatic carbocycles. The number of ether oxygens (including phenoxy) is 2. The van der Waals surface area contributed by atoms with Crippen LogP contribution in [0.15, 0.2) is 18.2 Å². The average molecular weight is 294 g/mol. The molecule has 0 radical (unpaired) electrons. The van der Waals surface area contributed by atoms with Gasteiger partial charge in [0.1, 0.15) is 11.5 Å². The summed E-state index contributed by atoms with van der Waals surface area (Å²) in [6.07, 6.45) is 2.17. The first-order chi connectivity index (χ1) is 9.91. The molecule has 0 aromatic heterocycles. The molecule has 1 aromatic carbocycles. The van der Waals surface area contributed by atoms with Gasteiger partial charge < -0.3 is 20.5 Å². The summed E-state index contributed by atoms with van der Waals surface area (Å²) in [5.74, 6) is 1.25.